The molecule has 0 heterocycles. The fraction of sp³-hybridized carbons (Fsp3) is 0.889. The number of nitrogens with one attached hydrogen (secondary N) is 1. The first-order chi connectivity index (χ1) is 7.44. The summed E-state index contributed by atoms with van der Waals surface area (Å²) in [6, 6.07) is -0.990. The van der Waals surface area contributed by atoms with Crippen molar-refractivity contribution in [2.24, 2.45) is 5.92 Å². The molecule has 0 aromatic rings. The van der Waals surface area contributed by atoms with E-state index in [1.54, 1.807) is 0 Å². The van der Waals surface area contributed by atoms with Crippen molar-refractivity contribution in [1.29, 1.82) is 0 Å². The summed E-state index contributed by atoms with van der Waals surface area (Å²) in [5, 5.41) is 8.88. The first-order valence-corrected chi connectivity index (χ1v) is 8.21. The van der Waals surface area contributed by atoms with Crippen molar-refractivity contribution in [3.63, 3.8) is 0 Å². The molecule has 0 aliphatic heterocycles. The molecule has 0 bridgehead atoms. The van der Waals surface area contributed by atoms with Crippen LogP contribution in [0.1, 0.15) is 19.3 Å². The zero-order valence-electron chi connectivity index (χ0n) is 9.18. The van der Waals surface area contributed by atoms with Gasteiger partial charge in [-0.05, 0) is 37.2 Å². The monoisotopic (exact) mass is 267 g/mol. The van der Waals surface area contributed by atoms with Crippen molar-refractivity contribution in [1.82, 2.24) is 4.72 Å². The van der Waals surface area contributed by atoms with Crippen LogP contribution in [-0.4, -0.2) is 43.3 Å². The average molecular weight is 267 g/mol. The van der Waals surface area contributed by atoms with Crippen molar-refractivity contribution < 1.29 is 18.3 Å². The lowest BCUT2D eigenvalue weighted by atomic mass is 10.2. The van der Waals surface area contributed by atoms with Crippen LogP contribution in [0, 0.1) is 5.92 Å². The van der Waals surface area contributed by atoms with Crippen molar-refractivity contribution in [2.45, 2.75) is 25.3 Å². The molecule has 0 radical (unpaired) electrons. The maximum Gasteiger partial charge on any atom is 0.321 e. The van der Waals surface area contributed by atoms with Gasteiger partial charge in [0.2, 0.25) is 10.0 Å². The highest BCUT2D eigenvalue weighted by atomic mass is 32.2. The molecular weight excluding hydrogens is 250 g/mol. The van der Waals surface area contributed by atoms with Crippen LogP contribution in [-0.2, 0) is 14.8 Å². The lowest BCUT2D eigenvalue weighted by molar-refractivity contribution is -0.139. The van der Waals surface area contributed by atoms with Gasteiger partial charge in [0.05, 0.1) is 5.75 Å². The predicted octanol–water partition coefficient (Wildman–Crippen LogP) is 0.522. The highest BCUT2D eigenvalue weighted by Gasteiger charge is 2.30. The van der Waals surface area contributed by atoms with Crippen LogP contribution in [0.15, 0.2) is 0 Å². The molecule has 7 heteroatoms. The zero-order valence-corrected chi connectivity index (χ0v) is 10.8. The highest BCUT2D eigenvalue weighted by Crippen LogP contribution is 2.30. The molecule has 1 rings (SSSR count). The number of hydrogen-bond acceptors (Lipinski definition) is 4. The maximum atomic E-state index is 11.6. The Balaban J connectivity index is 2.48. The van der Waals surface area contributed by atoms with Gasteiger partial charge in [0.25, 0.3) is 0 Å². The standard InChI is InChI=1S/C9H17NO4S2/c1-15-5-4-8(9(11)12)10-16(13,14)6-7-2-3-7/h7-8,10H,2-6H2,1H3,(H,11,12)/t8-/m0/s1. The van der Waals surface area contributed by atoms with E-state index in [1.807, 2.05) is 6.26 Å². The fourth-order valence-electron chi connectivity index (χ4n) is 1.33. The summed E-state index contributed by atoms with van der Waals surface area (Å²) in [5.74, 6) is -0.181. The number of thioether (sulfide) groups is 1. The third-order valence-corrected chi connectivity index (χ3v) is 4.58. The SMILES string of the molecule is CSCC[C@H](NS(=O)(=O)CC1CC1)C(=O)O. The Bertz CT molecular complexity index is 337. The molecule has 0 spiro atoms. The number of carboxylic acids is 1. The van der Waals surface area contributed by atoms with Gasteiger partial charge in [-0.25, -0.2) is 13.1 Å². The van der Waals surface area contributed by atoms with Gasteiger partial charge in [0.1, 0.15) is 6.04 Å². The van der Waals surface area contributed by atoms with Gasteiger partial charge >= 0.3 is 5.97 Å². The Hall–Kier alpha value is -0.270. The smallest absolute Gasteiger partial charge is 0.321 e. The summed E-state index contributed by atoms with van der Waals surface area (Å²) in [6.07, 6.45) is 4.05. The van der Waals surface area contributed by atoms with Crippen molar-refractivity contribution in [3.05, 3.63) is 0 Å². The van der Waals surface area contributed by atoms with Gasteiger partial charge in [-0.15, -0.1) is 0 Å². The molecule has 1 atom stereocenters. The Labute approximate surface area is 100 Å². The summed E-state index contributed by atoms with van der Waals surface area (Å²) < 4.78 is 25.4. The first-order valence-electron chi connectivity index (χ1n) is 5.16. The van der Waals surface area contributed by atoms with Gasteiger partial charge < -0.3 is 5.11 Å². The number of sulfonamides is 1. The topological polar surface area (TPSA) is 83.5 Å². The lowest BCUT2D eigenvalue weighted by Gasteiger charge is -2.13. The average Bonchev–Trinajstić information content (AvgIpc) is 2.94. The minimum atomic E-state index is -3.43. The Morgan fingerprint density at radius 3 is 2.62 bits per heavy atom. The molecule has 16 heavy (non-hydrogen) atoms. The predicted molar refractivity (Wildman–Crippen MR) is 64.1 cm³/mol. The van der Waals surface area contributed by atoms with E-state index in [0.717, 1.165) is 12.8 Å². The fourth-order valence-corrected chi connectivity index (χ4v) is 3.50. The van der Waals surface area contributed by atoms with Gasteiger partial charge in [-0.2, -0.15) is 11.8 Å². The molecule has 5 nitrogen and oxygen atoms in total. The molecule has 1 aliphatic rings. The van der Waals surface area contributed by atoms with E-state index in [2.05, 4.69) is 4.72 Å². The van der Waals surface area contributed by atoms with Crippen LogP contribution < -0.4 is 4.72 Å². The second-order valence-electron chi connectivity index (χ2n) is 4.01. The molecule has 1 fully saturated rings. The number of carbonyl (C=O) groups is 1. The van der Waals surface area contributed by atoms with Crippen LogP contribution in [0.25, 0.3) is 0 Å². The third-order valence-electron chi connectivity index (χ3n) is 2.38. The van der Waals surface area contributed by atoms with Crippen molar-refractivity contribution >= 4 is 27.8 Å². The minimum Gasteiger partial charge on any atom is -0.480 e. The Kier molecular flexibility index (Phi) is 5.07. The molecule has 0 saturated heterocycles. The van der Waals surface area contributed by atoms with Gasteiger partial charge in [0.15, 0.2) is 0 Å². The van der Waals surface area contributed by atoms with Crippen LogP contribution in [0.5, 0.6) is 0 Å². The first kappa shape index (κ1) is 13.8. The van der Waals surface area contributed by atoms with Crippen molar-refractivity contribution in [3.8, 4) is 0 Å². The van der Waals surface area contributed by atoms with Gasteiger partial charge in [-0.3, -0.25) is 4.79 Å². The minimum absolute atomic E-state index is 0.0655. The van der Waals surface area contributed by atoms with E-state index in [0.29, 0.717) is 12.2 Å². The van der Waals surface area contributed by atoms with Gasteiger partial charge in [0, 0.05) is 0 Å². The molecule has 0 aromatic carbocycles. The van der Waals surface area contributed by atoms with Crippen LogP contribution in [0.4, 0.5) is 0 Å². The van der Waals surface area contributed by atoms with Crippen LogP contribution >= 0.6 is 11.8 Å². The largest absolute Gasteiger partial charge is 0.480 e. The van der Waals surface area contributed by atoms with Crippen LogP contribution in [0.2, 0.25) is 0 Å². The summed E-state index contributed by atoms with van der Waals surface area (Å²) in [4.78, 5) is 10.8. The van der Waals surface area contributed by atoms with E-state index in [-0.39, 0.29) is 11.7 Å². The number of hydrogen-bond donors (Lipinski definition) is 2. The summed E-state index contributed by atoms with van der Waals surface area (Å²) >= 11 is 1.50. The zero-order chi connectivity index (χ0) is 12.2. The number of rotatable bonds is 8. The molecule has 94 valence electrons. The summed E-state index contributed by atoms with van der Waals surface area (Å²) in [5.41, 5.74) is 0. The molecule has 1 aliphatic carbocycles. The summed E-state index contributed by atoms with van der Waals surface area (Å²) in [7, 11) is -3.43. The third kappa shape index (κ3) is 5.18. The number of carboxylic acid groups (broad SMARTS) is 1. The van der Waals surface area contributed by atoms with E-state index >= 15 is 0 Å². The van der Waals surface area contributed by atoms with E-state index in [4.69, 9.17) is 5.11 Å². The number of aliphatic carboxylic acids is 1. The lowest BCUT2D eigenvalue weighted by Crippen LogP contribution is -2.42. The molecule has 1 saturated carbocycles. The normalized spacial score (nSPS) is 18.3. The highest BCUT2D eigenvalue weighted by molar-refractivity contribution is 7.98. The molecular formula is C9H17NO4S2. The van der Waals surface area contributed by atoms with Crippen LogP contribution in [0.3, 0.4) is 0 Å². The summed E-state index contributed by atoms with van der Waals surface area (Å²) in [6.45, 7) is 0. The second-order valence-corrected chi connectivity index (χ2v) is 6.80. The Morgan fingerprint density at radius 1 is 1.56 bits per heavy atom. The quantitative estimate of drug-likeness (QED) is 0.670. The van der Waals surface area contributed by atoms with E-state index in [1.165, 1.54) is 11.8 Å². The van der Waals surface area contributed by atoms with Crippen molar-refractivity contribution in [2.75, 3.05) is 17.8 Å². The molecule has 0 amide bonds. The van der Waals surface area contributed by atoms with Gasteiger partial charge in [-0.1, -0.05) is 0 Å². The Morgan fingerprint density at radius 2 is 2.19 bits per heavy atom. The van der Waals surface area contributed by atoms with E-state index < -0.39 is 22.0 Å². The maximum absolute atomic E-state index is 11.6. The van der Waals surface area contributed by atoms with E-state index in [9.17, 15) is 13.2 Å². The molecule has 0 aromatic heterocycles. The molecule has 0 unspecified atom stereocenters. The second kappa shape index (κ2) is 5.88. The molecule has 2 N–H and O–H groups in total.